The molecule has 4 nitrogen and oxygen atoms in total. The first-order valence-electron chi connectivity index (χ1n) is 12.4. The molecule has 0 spiro atoms. The summed E-state index contributed by atoms with van der Waals surface area (Å²) in [5, 5.41) is 3.26. The van der Waals surface area contributed by atoms with Gasteiger partial charge in [0.05, 0.1) is 6.42 Å². The molecule has 4 rings (SSSR count). The van der Waals surface area contributed by atoms with Gasteiger partial charge in [0.2, 0.25) is 11.8 Å². The fourth-order valence-electron chi connectivity index (χ4n) is 4.83. The number of carbonyl (C=O) groups excluding carboxylic acids is 2. The van der Waals surface area contributed by atoms with Crippen LogP contribution in [0.2, 0.25) is 0 Å². The summed E-state index contributed by atoms with van der Waals surface area (Å²) in [6.07, 6.45) is 5.04. The molecule has 0 radical (unpaired) electrons. The Bertz CT molecular complexity index is 1140. The molecule has 0 bridgehead atoms. The molecule has 2 amide bonds. The van der Waals surface area contributed by atoms with Crippen LogP contribution in [0.1, 0.15) is 47.9 Å². The SMILES string of the molecule is Cc1ccccc1CC(=O)N(Cc1cccc(Br)c1)[C@H](Cc1ccccc1)C(=O)NC1CCCC1. The van der Waals surface area contributed by atoms with Gasteiger partial charge in [-0.15, -0.1) is 0 Å². The number of amides is 2. The third-order valence-electron chi connectivity index (χ3n) is 6.82. The first-order chi connectivity index (χ1) is 17.0. The normalized spacial score (nSPS) is 14.5. The first-order valence-corrected chi connectivity index (χ1v) is 13.2. The lowest BCUT2D eigenvalue weighted by molar-refractivity contribution is -0.141. The van der Waals surface area contributed by atoms with Gasteiger partial charge in [-0.1, -0.05) is 95.5 Å². The number of carbonyl (C=O) groups is 2. The second kappa shape index (κ2) is 12.2. The Morgan fingerprint density at radius 3 is 2.34 bits per heavy atom. The molecule has 182 valence electrons. The topological polar surface area (TPSA) is 49.4 Å². The highest BCUT2D eigenvalue weighted by Crippen LogP contribution is 2.22. The number of benzene rings is 3. The van der Waals surface area contributed by atoms with Gasteiger partial charge in [-0.2, -0.15) is 0 Å². The Kier molecular flexibility index (Phi) is 8.75. The van der Waals surface area contributed by atoms with Crippen LogP contribution in [0, 0.1) is 6.92 Å². The van der Waals surface area contributed by atoms with Gasteiger partial charge in [0.1, 0.15) is 6.04 Å². The van der Waals surface area contributed by atoms with Crippen LogP contribution in [0.5, 0.6) is 0 Å². The molecule has 3 aromatic carbocycles. The zero-order chi connectivity index (χ0) is 24.6. The van der Waals surface area contributed by atoms with E-state index in [9.17, 15) is 9.59 Å². The van der Waals surface area contributed by atoms with E-state index in [-0.39, 0.29) is 24.3 Å². The van der Waals surface area contributed by atoms with Crippen molar-refractivity contribution in [3.63, 3.8) is 0 Å². The Hall–Kier alpha value is -2.92. The number of rotatable bonds is 9. The van der Waals surface area contributed by atoms with Gasteiger partial charge in [0.25, 0.3) is 0 Å². The zero-order valence-corrected chi connectivity index (χ0v) is 21.8. The summed E-state index contributed by atoms with van der Waals surface area (Å²) in [5.41, 5.74) is 4.11. The maximum Gasteiger partial charge on any atom is 0.243 e. The van der Waals surface area contributed by atoms with E-state index >= 15 is 0 Å². The van der Waals surface area contributed by atoms with Crippen molar-refractivity contribution in [3.8, 4) is 0 Å². The third-order valence-corrected chi connectivity index (χ3v) is 7.31. The predicted molar refractivity (Wildman–Crippen MR) is 144 cm³/mol. The summed E-state index contributed by atoms with van der Waals surface area (Å²) in [5.74, 6) is -0.101. The lowest BCUT2D eigenvalue weighted by Gasteiger charge is -2.32. The van der Waals surface area contributed by atoms with Gasteiger partial charge in [-0.3, -0.25) is 9.59 Å². The summed E-state index contributed by atoms with van der Waals surface area (Å²) < 4.78 is 0.955. The number of hydrogen-bond acceptors (Lipinski definition) is 2. The molecule has 0 saturated heterocycles. The fraction of sp³-hybridized carbons (Fsp3) is 0.333. The molecule has 1 N–H and O–H groups in total. The smallest absolute Gasteiger partial charge is 0.243 e. The number of nitrogens with one attached hydrogen (secondary N) is 1. The van der Waals surface area contributed by atoms with E-state index in [2.05, 4.69) is 21.2 Å². The van der Waals surface area contributed by atoms with Crippen molar-refractivity contribution < 1.29 is 9.59 Å². The van der Waals surface area contributed by atoms with Crippen LogP contribution in [0.3, 0.4) is 0 Å². The summed E-state index contributed by atoms with van der Waals surface area (Å²) in [6, 6.07) is 25.5. The number of hydrogen-bond donors (Lipinski definition) is 1. The molecule has 1 aliphatic carbocycles. The van der Waals surface area contributed by atoms with Gasteiger partial charge >= 0.3 is 0 Å². The molecular formula is C30H33BrN2O2. The molecule has 1 atom stereocenters. The van der Waals surface area contributed by atoms with E-state index in [1.54, 1.807) is 4.90 Å². The van der Waals surface area contributed by atoms with Crippen LogP contribution >= 0.6 is 15.9 Å². The fourth-order valence-corrected chi connectivity index (χ4v) is 5.27. The van der Waals surface area contributed by atoms with Crippen molar-refractivity contribution in [2.75, 3.05) is 0 Å². The molecule has 0 heterocycles. The average molecular weight is 534 g/mol. The average Bonchev–Trinajstić information content (AvgIpc) is 3.36. The highest BCUT2D eigenvalue weighted by molar-refractivity contribution is 9.10. The van der Waals surface area contributed by atoms with E-state index in [1.165, 1.54) is 0 Å². The largest absolute Gasteiger partial charge is 0.352 e. The van der Waals surface area contributed by atoms with E-state index in [4.69, 9.17) is 0 Å². The van der Waals surface area contributed by atoms with Crippen LogP contribution < -0.4 is 5.32 Å². The molecule has 1 fully saturated rings. The second-order valence-corrected chi connectivity index (χ2v) is 10.4. The minimum absolute atomic E-state index is 0.0400. The summed E-state index contributed by atoms with van der Waals surface area (Å²) >= 11 is 3.55. The van der Waals surface area contributed by atoms with Crippen LogP contribution in [0.25, 0.3) is 0 Å². The van der Waals surface area contributed by atoms with Crippen molar-refractivity contribution in [2.24, 2.45) is 0 Å². The van der Waals surface area contributed by atoms with Gasteiger partial charge in [-0.25, -0.2) is 0 Å². The van der Waals surface area contributed by atoms with Gasteiger partial charge in [-0.05, 0) is 54.2 Å². The second-order valence-electron chi connectivity index (χ2n) is 9.45. The molecular weight excluding hydrogens is 500 g/mol. The van der Waals surface area contributed by atoms with E-state index in [1.807, 2.05) is 85.8 Å². The van der Waals surface area contributed by atoms with E-state index in [0.29, 0.717) is 13.0 Å². The molecule has 0 aliphatic heterocycles. The van der Waals surface area contributed by atoms with Crippen LogP contribution in [0.4, 0.5) is 0 Å². The van der Waals surface area contributed by atoms with Crippen molar-refractivity contribution in [3.05, 3.63) is 106 Å². The number of nitrogens with zero attached hydrogens (tertiary/aromatic N) is 1. The molecule has 1 aliphatic rings. The quantitative estimate of drug-likeness (QED) is 0.367. The van der Waals surface area contributed by atoms with Crippen molar-refractivity contribution in [1.82, 2.24) is 10.2 Å². The highest BCUT2D eigenvalue weighted by Gasteiger charge is 2.32. The molecule has 35 heavy (non-hydrogen) atoms. The lowest BCUT2D eigenvalue weighted by atomic mass is 10.00. The number of aryl methyl sites for hydroxylation is 1. The van der Waals surface area contributed by atoms with Crippen molar-refractivity contribution in [1.29, 1.82) is 0 Å². The standard InChI is InChI=1S/C30H33BrN2O2/c1-22-10-5-6-14-25(22)20-29(34)33(21-24-13-9-15-26(31)18-24)28(19-23-11-3-2-4-12-23)30(35)32-27-16-7-8-17-27/h2-6,9-15,18,27-28H,7-8,16-17,19-21H2,1H3,(H,32,35)/t28-/m1/s1. The maximum absolute atomic E-state index is 13.9. The molecule has 3 aromatic rings. The predicted octanol–water partition coefficient (Wildman–Crippen LogP) is 6.00. The zero-order valence-electron chi connectivity index (χ0n) is 20.3. The molecule has 0 aromatic heterocycles. The van der Waals surface area contributed by atoms with Crippen molar-refractivity contribution >= 4 is 27.7 Å². The molecule has 1 saturated carbocycles. The van der Waals surface area contributed by atoms with E-state index in [0.717, 1.165) is 52.4 Å². The van der Waals surface area contributed by atoms with Gasteiger partial charge < -0.3 is 10.2 Å². The van der Waals surface area contributed by atoms with E-state index < -0.39 is 6.04 Å². The summed E-state index contributed by atoms with van der Waals surface area (Å²) in [6.45, 7) is 2.40. The Morgan fingerprint density at radius 1 is 0.943 bits per heavy atom. The minimum atomic E-state index is -0.589. The monoisotopic (exact) mass is 532 g/mol. The Labute approximate surface area is 216 Å². The number of halogens is 1. The maximum atomic E-state index is 13.9. The Morgan fingerprint density at radius 2 is 1.63 bits per heavy atom. The van der Waals surface area contributed by atoms with Crippen LogP contribution in [0.15, 0.2) is 83.3 Å². The summed E-state index contributed by atoms with van der Waals surface area (Å²) in [7, 11) is 0. The molecule has 0 unspecified atom stereocenters. The highest BCUT2D eigenvalue weighted by atomic mass is 79.9. The van der Waals surface area contributed by atoms with Gasteiger partial charge in [0.15, 0.2) is 0 Å². The lowest BCUT2D eigenvalue weighted by Crippen LogP contribution is -2.52. The van der Waals surface area contributed by atoms with Crippen LogP contribution in [-0.4, -0.2) is 28.8 Å². The minimum Gasteiger partial charge on any atom is -0.352 e. The third kappa shape index (κ3) is 7.04. The summed E-state index contributed by atoms with van der Waals surface area (Å²) in [4.78, 5) is 29.4. The first kappa shape index (κ1) is 25.2. The Balaban J connectivity index is 1.67. The van der Waals surface area contributed by atoms with Crippen molar-refractivity contribution in [2.45, 2.75) is 64.1 Å². The van der Waals surface area contributed by atoms with Crippen LogP contribution in [-0.2, 0) is 29.0 Å². The molecule has 5 heteroatoms. The van der Waals surface area contributed by atoms with Gasteiger partial charge in [0, 0.05) is 23.5 Å².